The van der Waals surface area contributed by atoms with E-state index in [2.05, 4.69) is 150 Å². The molecule has 3 fully saturated rings. The summed E-state index contributed by atoms with van der Waals surface area (Å²) in [6.07, 6.45) is 5.66. The number of thiol groups is 1. The molecular weight excluding hydrogens is 1960 g/mol. The van der Waals surface area contributed by atoms with Gasteiger partial charge in [-0.1, -0.05) is 103 Å². The van der Waals surface area contributed by atoms with Crippen LogP contribution in [-0.2, 0) is 44.8 Å². The zero-order valence-corrected chi connectivity index (χ0v) is 79.4. The van der Waals surface area contributed by atoms with E-state index in [1.54, 1.807) is 61.8 Å². The zero-order chi connectivity index (χ0) is 91.3. The topological polar surface area (TPSA) is 420 Å². The number of halogens is 7. The van der Waals surface area contributed by atoms with Gasteiger partial charge in [-0.2, -0.15) is 0 Å². The van der Waals surface area contributed by atoms with Gasteiger partial charge in [0.2, 0.25) is 9.23 Å². The molecule has 0 aliphatic carbocycles. The number of Topliss-reactive ketones (excluding diaryl/α,β-unsaturated/α-hetero) is 4. The molecule has 10 aromatic rings. The first-order valence-electron chi connectivity index (χ1n) is 35.4. The number of carbonyl (C=O) groups is 5. The van der Waals surface area contributed by atoms with Crippen molar-refractivity contribution >= 4 is 240 Å². The van der Waals surface area contributed by atoms with Gasteiger partial charge in [0, 0.05) is 117 Å². The van der Waals surface area contributed by atoms with E-state index in [4.69, 9.17) is 68.0 Å². The van der Waals surface area contributed by atoms with Crippen LogP contribution in [-0.4, -0.2) is 187 Å². The van der Waals surface area contributed by atoms with E-state index >= 15 is 0 Å². The van der Waals surface area contributed by atoms with E-state index in [1.165, 1.54) is 46.7 Å². The molecule has 0 bridgehead atoms. The summed E-state index contributed by atoms with van der Waals surface area (Å²) in [5.74, 6) is -1.17. The van der Waals surface area contributed by atoms with Gasteiger partial charge in [0.25, 0.3) is 0 Å². The number of aromatic carboxylic acids is 1. The SMILES string of the molecule is C.C.CC(=O)c1cc(Br)ccc1N.CC(=O)c1ccccc1N.CC(=O)c1ncnc2ccc(B3OC(C)(C)C(C)(C)O3)cc12.CC(=O)c1ncnc2ccc(Br)cc12.CC1(C)OB(B2OC(C)(C)C(C)(C)O2)OC1(C)C.CCO.CO.Cc1ncnc2ccc(Br)cc12.O=C(O)c1ncnc2ccc(Br)cc12.O=S(Cl)Cl.O=[Se]=O.[2H]CF.[B]=NS. The fourth-order valence-corrected chi connectivity index (χ4v) is 11.2. The Labute approximate surface area is 760 Å². The summed E-state index contributed by atoms with van der Waals surface area (Å²) in [6.45, 7) is 34.2. The first-order valence-corrected chi connectivity index (χ1v) is 42.5. The van der Waals surface area contributed by atoms with Crippen LogP contribution in [0.1, 0.15) is 192 Å². The Morgan fingerprint density at radius 2 is 0.800 bits per heavy atom. The number of aromatic nitrogens is 8. The van der Waals surface area contributed by atoms with E-state index in [9.17, 15) is 28.4 Å². The number of nitrogens with two attached hydrogens (primary N) is 2. The summed E-state index contributed by atoms with van der Waals surface area (Å²) in [7, 11) is 10.3. The maximum atomic E-state index is 11.7. The van der Waals surface area contributed by atoms with Gasteiger partial charge in [-0.25, -0.2) is 48.9 Å². The third-order valence-electron chi connectivity index (χ3n) is 17.5. The Kier molecular flexibility index (Phi) is 51.7. The molecule has 0 spiro atoms. The molecule has 1 radical (unpaired) electrons. The molecule has 649 valence electrons. The molecule has 3 aliphatic rings. The number of carboxylic acids is 1. The molecule has 0 atom stereocenters. The number of anilines is 2. The van der Waals surface area contributed by atoms with E-state index in [-0.39, 0.29) is 72.7 Å². The van der Waals surface area contributed by atoms with Crippen molar-refractivity contribution in [2.45, 2.75) is 173 Å². The monoisotopic (exact) mass is 2060 g/mol. The normalized spacial score (nSPS) is 14.4. The van der Waals surface area contributed by atoms with Gasteiger partial charge in [-0.3, -0.25) is 23.6 Å². The van der Waals surface area contributed by atoms with E-state index in [0.717, 1.165) is 68.9 Å². The number of benzene rings is 6. The average Bonchev–Trinajstić information content (AvgIpc) is 1.60. The van der Waals surface area contributed by atoms with Gasteiger partial charge in [-0.15, -0.1) is 0 Å². The fourth-order valence-electron chi connectivity index (χ4n) is 9.80. The quantitative estimate of drug-likeness (QED) is 0.0284. The number of rotatable bonds is 7. The predicted molar refractivity (Wildman–Crippen MR) is 496 cm³/mol. The van der Waals surface area contributed by atoms with Crippen LogP contribution in [0.3, 0.4) is 0 Å². The minimum absolute atomic E-state index is 0. The number of fused-ring (bicyclic) bond motifs is 4. The fraction of sp³-hybridized carbons (Fsp3) is 0.372. The Morgan fingerprint density at radius 1 is 0.525 bits per heavy atom. The van der Waals surface area contributed by atoms with E-state index < -0.39 is 69.5 Å². The van der Waals surface area contributed by atoms with E-state index in [1.807, 2.05) is 157 Å². The number of nitrogens with zero attached hydrogens (tertiary/aromatic N) is 9. The molecule has 3 saturated heterocycles. The second kappa shape index (κ2) is 54.8. The summed E-state index contributed by atoms with van der Waals surface area (Å²) in [5.41, 5.74) is 17.0. The zero-order valence-electron chi connectivity index (χ0n) is 69.1. The molecule has 120 heavy (non-hydrogen) atoms. The van der Waals surface area contributed by atoms with Gasteiger partial charge in [-0.05, 0) is 207 Å². The van der Waals surface area contributed by atoms with Crippen molar-refractivity contribution in [3.8, 4) is 0 Å². The first kappa shape index (κ1) is 113. The number of aliphatic hydroxyl groups is 2. The van der Waals surface area contributed by atoms with Crippen LogP contribution in [0, 0.1) is 6.92 Å². The summed E-state index contributed by atoms with van der Waals surface area (Å²) in [6, 6.07) is 34.8. The van der Waals surface area contributed by atoms with Gasteiger partial charge in [0.15, 0.2) is 28.8 Å². The van der Waals surface area contributed by atoms with Gasteiger partial charge >= 0.3 is 74.4 Å². The standard InChI is InChI=1S/C16H19BN2O3.C12H24B2O4.C10H7BrN2O.C9H5BrN2O2.C9H7BrN2.C8H8BrNO.C8H9NO.C2H6O.CH3F.CH4O.2CH4.BHNS.Cl2OS.O2Se/c1-10(20)14-12-8-11(6-7-13(12)18-9-19-14)17-21-15(2,3)16(4,5)22-17;1-9(2)10(3,4)16-13(15-9)14-17-11(5,6)12(7,8)18-14;1-6(14)10-8-4-7(11)2-3-9(8)12-5-13-10;10-5-1-2-7-6(3-5)8(9(13)14)12-4-11-7;1-6-8-4-7(10)2-3-9(8)12-5-11-6;1-5(11)7-4-6(9)2-3-8(7)10;1-6(10)7-4-2-3-5-8(7)9;1-2-3;2*1-2;;;1-2-3;1-4(2)3;1-3-2/h6-9H,1-5H3;1-8H3;2-5H,1H3;1-4H,(H,13,14);2-5H,1H3;2-4H,10H2,1H3;2-5H,9H2,1H3;3H,2H2,1H3;1H3;2H,1H3;2*1H4;3H;;/i;;;;;;;;1D;;;;;;. The van der Waals surface area contributed by atoms with Crippen LogP contribution >= 0.6 is 97.9 Å². The number of aryl methyl sites for hydroxylation is 1. The third-order valence-corrected chi connectivity index (χ3v) is 19.5. The predicted octanol–water partition coefficient (Wildman–Crippen LogP) is 17.5. The summed E-state index contributed by atoms with van der Waals surface area (Å²) >= 11 is 14.9. The second-order valence-corrected chi connectivity index (χ2v) is 34.0. The molecule has 6 aromatic carbocycles. The summed E-state index contributed by atoms with van der Waals surface area (Å²) < 4.78 is 83.8. The van der Waals surface area contributed by atoms with E-state index in [0.29, 0.717) is 44.8 Å². The maximum absolute atomic E-state index is 11.7. The van der Waals surface area contributed by atoms with Crippen molar-refractivity contribution in [1.29, 1.82) is 0 Å². The number of hydrogen-bond acceptors (Lipinski definition) is 28. The van der Waals surface area contributed by atoms with Crippen molar-refractivity contribution in [2.75, 3.05) is 32.3 Å². The number of carboxylic acid groups (broad SMARTS) is 1. The van der Waals surface area contributed by atoms with Crippen LogP contribution in [0.5, 0.6) is 0 Å². The van der Waals surface area contributed by atoms with Gasteiger partial charge < -0.3 is 54.7 Å². The molecule has 13 rings (SSSR count). The minimum atomic E-state index is -1.67. The molecule has 0 saturated carbocycles. The van der Waals surface area contributed by atoms with Crippen molar-refractivity contribution in [1.82, 2.24) is 39.9 Å². The van der Waals surface area contributed by atoms with Crippen LogP contribution in [0.15, 0.2) is 163 Å². The number of nitrogen functional groups attached to an aromatic ring is 2. The molecule has 4 aromatic heterocycles. The third kappa shape index (κ3) is 35.8. The number of carbonyl (C=O) groups excluding carboxylic acids is 4. The van der Waals surface area contributed by atoms with Crippen LogP contribution in [0.2, 0.25) is 0 Å². The second-order valence-electron chi connectivity index (χ2n) is 27.3. The Hall–Kier alpha value is -6.78. The van der Waals surface area contributed by atoms with Crippen LogP contribution < -0.4 is 16.9 Å². The Balaban J connectivity index is 0. The number of aliphatic hydroxyl groups excluding tert-OH is 2. The van der Waals surface area contributed by atoms with Gasteiger partial charge in [0.05, 0.1) is 64.2 Å². The Bertz CT molecular complexity index is 4950. The van der Waals surface area contributed by atoms with Crippen LogP contribution in [0.4, 0.5) is 15.8 Å². The van der Waals surface area contributed by atoms with Crippen LogP contribution in [0.25, 0.3) is 43.6 Å². The number of para-hydroxylation sites is 1. The summed E-state index contributed by atoms with van der Waals surface area (Å²) in [4.78, 5) is 87.8. The van der Waals surface area contributed by atoms with Crippen molar-refractivity contribution in [3.05, 3.63) is 192 Å². The molecule has 7 N–H and O–H groups in total. The molecule has 42 heteroatoms. The van der Waals surface area contributed by atoms with Crippen molar-refractivity contribution in [2.24, 2.45) is 4.30 Å². The first-order chi connectivity index (χ1) is 55.4. The molecule has 0 amide bonds. The molecule has 0 unspecified atom stereocenters. The molecule has 28 nitrogen and oxygen atoms in total. The molecule has 3 aliphatic heterocycles. The van der Waals surface area contributed by atoms with Gasteiger partial charge in [0.1, 0.15) is 36.7 Å². The number of alkyl halides is 1. The van der Waals surface area contributed by atoms with Crippen molar-refractivity contribution in [3.63, 3.8) is 0 Å². The molecule has 7 heterocycles. The van der Waals surface area contributed by atoms with Crippen molar-refractivity contribution < 1.29 is 84.9 Å². The Morgan fingerprint density at radius 3 is 1.12 bits per heavy atom. The number of ketones is 4. The summed E-state index contributed by atoms with van der Waals surface area (Å²) in [5, 5.41) is 26.6. The number of hydrogen-bond donors (Lipinski definition) is 6. The average molecular weight is 2060 g/mol. The molecular formula is C78H101B4Br4Cl2FN11O17S2Se.